The molecule has 9 heteroatoms. The summed E-state index contributed by atoms with van der Waals surface area (Å²) in [5.74, 6) is -2.18. The predicted molar refractivity (Wildman–Crippen MR) is 96.4 cm³/mol. The zero-order valence-electron chi connectivity index (χ0n) is 14.7. The summed E-state index contributed by atoms with van der Waals surface area (Å²) >= 11 is 0. The molecule has 0 aliphatic rings. The highest BCUT2D eigenvalue weighted by molar-refractivity contribution is 5.91. The highest BCUT2D eigenvalue weighted by Crippen LogP contribution is 2.27. The average molecular weight is 386 g/mol. The first-order valence-electron chi connectivity index (χ1n) is 8.10. The zero-order valence-corrected chi connectivity index (χ0v) is 14.7. The first kappa shape index (κ1) is 19.0. The molecule has 0 atom stereocenters. The number of carbonyl (C=O) groups excluding carboxylic acids is 1. The van der Waals surface area contributed by atoms with Crippen molar-refractivity contribution in [3.8, 4) is 11.5 Å². The van der Waals surface area contributed by atoms with E-state index in [0.717, 1.165) is 6.07 Å². The average Bonchev–Trinajstić information content (AvgIpc) is 2.66. The second-order valence-electron chi connectivity index (χ2n) is 6.07. The Labute approximate surface area is 157 Å². The standard InChI is InChI=1S/C19H15FN2O6/c1-22-14-5-10(7-21-17(14)18(26)13(8-23)19(22)27)4-11-2-3-12(20)6-15(11)28-9-16(24)25/h2-3,5-8,26H,4,9H2,1H3,(H,24,25). The van der Waals surface area contributed by atoms with Crippen LogP contribution in [-0.2, 0) is 18.3 Å². The number of aldehydes is 1. The minimum Gasteiger partial charge on any atom is -0.505 e. The van der Waals surface area contributed by atoms with Gasteiger partial charge >= 0.3 is 5.97 Å². The quantitative estimate of drug-likeness (QED) is 0.618. The number of hydrogen-bond acceptors (Lipinski definition) is 6. The van der Waals surface area contributed by atoms with Gasteiger partial charge in [-0.3, -0.25) is 14.6 Å². The van der Waals surface area contributed by atoms with Gasteiger partial charge in [0, 0.05) is 25.7 Å². The maximum atomic E-state index is 13.5. The van der Waals surface area contributed by atoms with Gasteiger partial charge in [-0.2, -0.15) is 0 Å². The molecule has 0 bridgehead atoms. The third kappa shape index (κ3) is 3.54. The van der Waals surface area contributed by atoms with Crippen LogP contribution < -0.4 is 10.3 Å². The molecule has 8 nitrogen and oxygen atoms in total. The Morgan fingerprint density at radius 1 is 1.36 bits per heavy atom. The van der Waals surface area contributed by atoms with Crippen molar-refractivity contribution in [2.75, 3.05) is 6.61 Å². The number of rotatable bonds is 6. The first-order chi connectivity index (χ1) is 13.3. The summed E-state index contributed by atoms with van der Waals surface area (Å²) in [6.45, 7) is -0.622. The molecule has 2 heterocycles. The smallest absolute Gasteiger partial charge is 0.341 e. The highest BCUT2D eigenvalue weighted by atomic mass is 19.1. The van der Waals surface area contributed by atoms with Crippen LogP contribution in [0.4, 0.5) is 4.39 Å². The molecular weight excluding hydrogens is 371 g/mol. The van der Waals surface area contributed by atoms with Gasteiger partial charge in [0.1, 0.15) is 22.6 Å². The van der Waals surface area contributed by atoms with Gasteiger partial charge in [-0.15, -0.1) is 0 Å². The summed E-state index contributed by atoms with van der Waals surface area (Å²) < 4.78 is 19.8. The summed E-state index contributed by atoms with van der Waals surface area (Å²) in [4.78, 5) is 38.1. The van der Waals surface area contributed by atoms with Crippen molar-refractivity contribution < 1.29 is 28.9 Å². The Kier molecular flexibility index (Phi) is 5.08. The Morgan fingerprint density at radius 2 is 2.11 bits per heavy atom. The fourth-order valence-corrected chi connectivity index (χ4v) is 2.82. The number of carboxylic acid groups (broad SMARTS) is 1. The van der Waals surface area contributed by atoms with Gasteiger partial charge in [-0.25, -0.2) is 9.18 Å². The number of ether oxygens (including phenoxy) is 1. The number of carbonyl (C=O) groups is 2. The van der Waals surface area contributed by atoms with Gasteiger partial charge in [0.25, 0.3) is 5.56 Å². The fourth-order valence-electron chi connectivity index (χ4n) is 2.82. The summed E-state index contributed by atoms with van der Waals surface area (Å²) in [5.41, 5.74) is 0.481. The third-order valence-electron chi connectivity index (χ3n) is 4.19. The van der Waals surface area contributed by atoms with E-state index in [0.29, 0.717) is 16.6 Å². The molecule has 0 saturated heterocycles. The summed E-state index contributed by atoms with van der Waals surface area (Å²) in [6, 6.07) is 5.37. The number of fused-ring (bicyclic) bond motifs is 1. The van der Waals surface area contributed by atoms with Crippen LogP contribution in [0.2, 0.25) is 0 Å². The topological polar surface area (TPSA) is 119 Å². The molecule has 1 aromatic carbocycles. The molecule has 0 unspecified atom stereocenters. The van der Waals surface area contributed by atoms with Gasteiger partial charge in [0.15, 0.2) is 18.6 Å². The molecule has 2 aromatic heterocycles. The predicted octanol–water partition coefficient (Wildman–Crippen LogP) is 1.64. The molecule has 3 aromatic rings. The monoisotopic (exact) mass is 386 g/mol. The molecule has 0 aliphatic carbocycles. The van der Waals surface area contributed by atoms with Crippen LogP contribution in [0.5, 0.6) is 11.5 Å². The molecular formula is C19H15FN2O6. The van der Waals surface area contributed by atoms with Gasteiger partial charge < -0.3 is 19.5 Å². The second kappa shape index (κ2) is 7.47. The minimum atomic E-state index is -1.20. The van der Waals surface area contributed by atoms with Gasteiger partial charge in [0.2, 0.25) is 0 Å². The van der Waals surface area contributed by atoms with Gasteiger partial charge in [-0.1, -0.05) is 6.07 Å². The van der Waals surface area contributed by atoms with Crippen LogP contribution in [0.1, 0.15) is 21.5 Å². The van der Waals surface area contributed by atoms with Crippen LogP contribution in [0.3, 0.4) is 0 Å². The second-order valence-corrected chi connectivity index (χ2v) is 6.07. The SMILES string of the molecule is Cn1c(=O)c(C=O)c(O)c2ncc(Cc3ccc(F)cc3OCC(=O)O)cc21. The maximum Gasteiger partial charge on any atom is 0.341 e. The van der Waals surface area contributed by atoms with E-state index in [4.69, 9.17) is 9.84 Å². The number of pyridine rings is 2. The number of aromatic hydroxyl groups is 1. The van der Waals surface area contributed by atoms with Crippen molar-refractivity contribution in [2.24, 2.45) is 7.05 Å². The molecule has 0 radical (unpaired) electrons. The minimum absolute atomic E-state index is 0.0792. The van der Waals surface area contributed by atoms with Crippen molar-refractivity contribution in [1.29, 1.82) is 0 Å². The van der Waals surface area contributed by atoms with E-state index in [9.17, 15) is 23.9 Å². The Morgan fingerprint density at radius 3 is 2.79 bits per heavy atom. The van der Waals surface area contributed by atoms with Gasteiger partial charge in [0.05, 0.1) is 5.52 Å². The van der Waals surface area contributed by atoms with Crippen molar-refractivity contribution in [1.82, 2.24) is 9.55 Å². The molecule has 28 heavy (non-hydrogen) atoms. The van der Waals surface area contributed by atoms with E-state index in [2.05, 4.69) is 4.98 Å². The molecule has 0 spiro atoms. The first-order valence-corrected chi connectivity index (χ1v) is 8.10. The molecule has 0 amide bonds. The van der Waals surface area contributed by atoms with E-state index in [1.165, 1.54) is 29.9 Å². The largest absolute Gasteiger partial charge is 0.505 e. The van der Waals surface area contributed by atoms with Crippen LogP contribution in [0, 0.1) is 5.82 Å². The van der Waals surface area contributed by atoms with Crippen LogP contribution >= 0.6 is 0 Å². The molecule has 0 fully saturated rings. The van der Waals surface area contributed by atoms with Crippen LogP contribution in [-0.4, -0.2) is 38.6 Å². The van der Waals surface area contributed by atoms with Crippen molar-refractivity contribution in [3.05, 3.63) is 63.3 Å². The van der Waals surface area contributed by atoms with E-state index in [1.807, 2.05) is 0 Å². The zero-order chi connectivity index (χ0) is 20.4. The lowest BCUT2D eigenvalue weighted by Crippen LogP contribution is -2.21. The molecule has 144 valence electrons. The van der Waals surface area contributed by atoms with Crippen LogP contribution in [0.15, 0.2) is 35.3 Å². The summed E-state index contributed by atoms with van der Waals surface area (Å²) in [7, 11) is 1.45. The molecule has 2 N–H and O–H groups in total. The number of aryl methyl sites for hydroxylation is 1. The lowest BCUT2D eigenvalue weighted by Gasteiger charge is -2.12. The molecule has 3 rings (SSSR count). The number of halogens is 1. The van der Waals surface area contributed by atoms with Crippen LogP contribution in [0.25, 0.3) is 11.0 Å². The number of hydrogen-bond donors (Lipinski definition) is 2. The number of carboxylic acids is 1. The number of benzene rings is 1. The van der Waals surface area contributed by atoms with Crippen molar-refractivity contribution >= 4 is 23.3 Å². The fraction of sp³-hybridized carbons (Fsp3) is 0.158. The lowest BCUT2D eigenvalue weighted by atomic mass is 10.0. The van der Waals surface area contributed by atoms with E-state index in [-0.39, 0.29) is 29.5 Å². The summed E-state index contributed by atoms with van der Waals surface area (Å²) in [6.07, 6.45) is 1.92. The lowest BCUT2D eigenvalue weighted by molar-refractivity contribution is -0.139. The number of aliphatic carboxylic acids is 1. The van der Waals surface area contributed by atoms with Crippen molar-refractivity contribution in [2.45, 2.75) is 6.42 Å². The Hall–Kier alpha value is -3.75. The summed E-state index contributed by atoms with van der Waals surface area (Å²) in [5, 5.41) is 18.9. The van der Waals surface area contributed by atoms with Gasteiger partial charge in [-0.05, 0) is 23.3 Å². The Balaban J connectivity index is 2.04. The Bertz CT molecular complexity index is 1160. The van der Waals surface area contributed by atoms with E-state index < -0.39 is 29.7 Å². The van der Waals surface area contributed by atoms with Crippen molar-refractivity contribution in [3.63, 3.8) is 0 Å². The van der Waals surface area contributed by atoms with E-state index >= 15 is 0 Å². The normalized spacial score (nSPS) is 10.8. The van der Waals surface area contributed by atoms with E-state index in [1.54, 1.807) is 6.07 Å². The molecule has 0 saturated carbocycles. The third-order valence-corrected chi connectivity index (χ3v) is 4.19. The highest BCUT2D eigenvalue weighted by Gasteiger charge is 2.16. The number of aromatic nitrogens is 2. The maximum absolute atomic E-state index is 13.5. The number of nitrogens with zero attached hydrogens (tertiary/aromatic N) is 2. The molecule has 0 aliphatic heterocycles.